The Kier molecular flexibility index (Phi) is 5.83. The number of carbonyl (C=O) groups excluding carboxylic acids is 1. The van der Waals surface area contributed by atoms with Gasteiger partial charge in [-0.1, -0.05) is 36.4 Å². The first-order valence-electron chi connectivity index (χ1n) is 8.66. The SMILES string of the molecule is COc1ccc([N+](=O)[O-])cc1NC(=O)CN1CC=C(c2ccccc2)CC1. The van der Waals surface area contributed by atoms with Crippen molar-refractivity contribution in [2.45, 2.75) is 6.42 Å². The van der Waals surface area contributed by atoms with E-state index in [1.165, 1.54) is 36.4 Å². The number of ether oxygens (including phenoxy) is 1. The van der Waals surface area contributed by atoms with Gasteiger partial charge in [-0.15, -0.1) is 0 Å². The normalized spacial score (nSPS) is 14.3. The van der Waals surface area contributed by atoms with Gasteiger partial charge in [-0.05, 0) is 23.6 Å². The van der Waals surface area contributed by atoms with Crippen molar-refractivity contribution in [3.8, 4) is 5.75 Å². The molecule has 0 unspecified atom stereocenters. The first-order valence-corrected chi connectivity index (χ1v) is 8.66. The molecule has 7 heteroatoms. The lowest BCUT2D eigenvalue weighted by Gasteiger charge is -2.26. The molecule has 3 rings (SSSR count). The molecule has 140 valence electrons. The van der Waals surface area contributed by atoms with E-state index in [0.29, 0.717) is 18.0 Å². The van der Waals surface area contributed by atoms with Gasteiger partial charge in [0.15, 0.2) is 0 Å². The molecule has 0 aromatic heterocycles. The third-order valence-corrected chi connectivity index (χ3v) is 4.47. The molecule has 1 N–H and O–H groups in total. The number of methoxy groups -OCH3 is 1. The molecule has 0 saturated heterocycles. The van der Waals surface area contributed by atoms with E-state index >= 15 is 0 Å². The first-order chi connectivity index (χ1) is 13.1. The molecule has 2 aromatic carbocycles. The second-order valence-corrected chi connectivity index (χ2v) is 6.27. The average molecular weight is 367 g/mol. The summed E-state index contributed by atoms with van der Waals surface area (Å²) in [6.45, 7) is 1.67. The van der Waals surface area contributed by atoms with Gasteiger partial charge in [0, 0.05) is 25.2 Å². The molecule has 1 aliphatic heterocycles. The molecule has 1 heterocycles. The number of amides is 1. The van der Waals surface area contributed by atoms with Gasteiger partial charge in [0.2, 0.25) is 5.91 Å². The Morgan fingerprint density at radius 3 is 2.67 bits per heavy atom. The monoisotopic (exact) mass is 367 g/mol. The lowest BCUT2D eigenvalue weighted by molar-refractivity contribution is -0.384. The van der Waals surface area contributed by atoms with E-state index in [4.69, 9.17) is 4.74 Å². The summed E-state index contributed by atoms with van der Waals surface area (Å²) in [5, 5.41) is 13.7. The smallest absolute Gasteiger partial charge is 0.271 e. The number of nitro benzene ring substituents is 1. The summed E-state index contributed by atoms with van der Waals surface area (Å²) in [5.41, 5.74) is 2.70. The maximum atomic E-state index is 12.4. The van der Waals surface area contributed by atoms with Gasteiger partial charge < -0.3 is 10.1 Å². The van der Waals surface area contributed by atoms with Crippen molar-refractivity contribution in [1.82, 2.24) is 4.90 Å². The van der Waals surface area contributed by atoms with Crippen molar-refractivity contribution < 1.29 is 14.5 Å². The number of non-ortho nitro benzene ring substituents is 1. The maximum Gasteiger partial charge on any atom is 0.271 e. The highest BCUT2D eigenvalue weighted by Gasteiger charge is 2.18. The van der Waals surface area contributed by atoms with Gasteiger partial charge in [0.05, 0.1) is 24.3 Å². The van der Waals surface area contributed by atoms with Crippen LogP contribution in [0.3, 0.4) is 0 Å². The van der Waals surface area contributed by atoms with Crippen LogP contribution in [0, 0.1) is 10.1 Å². The number of nitro groups is 1. The Labute approximate surface area is 157 Å². The second-order valence-electron chi connectivity index (χ2n) is 6.27. The Balaban J connectivity index is 1.61. The Morgan fingerprint density at radius 1 is 1.26 bits per heavy atom. The van der Waals surface area contributed by atoms with Crippen LogP contribution in [0.1, 0.15) is 12.0 Å². The Bertz CT molecular complexity index is 865. The lowest BCUT2D eigenvalue weighted by Crippen LogP contribution is -2.36. The summed E-state index contributed by atoms with van der Waals surface area (Å²) in [5.74, 6) is 0.157. The van der Waals surface area contributed by atoms with E-state index in [1.54, 1.807) is 0 Å². The first kappa shape index (κ1) is 18.6. The van der Waals surface area contributed by atoms with E-state index in [0.717, 1.165) is 13.0 Å². The van der Waals surface area contributed by atoms with Crippen molar-refractivity contribution in [2.75, 3.05) is 32.1 Å². The van der Waals surface area contributed by atoms with Gasteiger partial charge in [-0.3, -0.25) is 19.8 Å². The highest BCUT2D eigenvalue weighted by Crippen LogP contribution is 2.29. The lowest BCUT2D eigenvalue weighted by atomic mass is 10.00. The molecule has 27 heavy (non-hydrogen) atoms. The maximum absolute atomic E-state index is 12.4. The molecular weight excluding hydrogens is 346 g/mol. The molecule has 0 bridgehead atoms. The summed E-state index contributed by atoms with van der Waals surface area (Å²) in [7, 11) is 1.46. The standard InChI is InChI=1S/C20H21N3O4/c1-27-19-8-7-17(23(25)26)13-18(19)21-20(24)14-22-11-9-16(10-12-22)15-5-3-2-4-6-15/h2-9,13H,10-12,14H2,1H3,(H,21,24). The summed E-state index contributed by atoms with van der Waals surface area (Å²) >= 11 is 0. The molecular formula is C20H21N3O4. The number of hydrogen-bond acceptors (Lipinski definition) is 5. The molecule has 0 atom stereocenters. The molecule has 2 aromatic rings. The largest absolute Gasteiger partial charge is 0.495 e. The topological polar surface area (TPSA) is 84.7 Å². The number of carbonyl (C=O) groups is 1. The zero-order valence-electron chi connectivity index (χ0n) is 15.1. The minimum atomic E-state index is -0.504. The fourth-order valence-corrected chi connectivity index (χ4v) is 3.07. The molecule has 1 amide bonds. The van der Waals surface area contributed by atoms with Crippen LogP contribution in [-0.4, -0.2) is 42.5 Å². The van der Waals surface area contributed by atoms with Gasteiger partial charge >= 0.3 is 0 Å². The highest BCUT2D eigenvalue weighted by molar-refractivity contribution is 5.94. The molecule has 7 nitrogen and oxygen atoms in total. The second kappa shape index (κ2) is 8.46. The predicted molar refractivity (Wildman–Crippen MR) is 104 cm³/mol. The number of benzene rings is 2. The third kappa shape index (κ3) is 4.71. The van der Waals surface area contributed by atoms with Crippen LogP contribution < -0.4 is 10.1 Å². The van der Waals surface area contributed by atoms with Crippen LogP contribution >= 0.6 is 0 Å². The molecule has 0 aliphatic carbocycles. The van der Waals surface area contributed by atoms with Crippen molar-refractivity contribution in [1.29, 1.82) is 0 Å². The minimum absolute atomic E-state index is 0.0977. The zero-order valence-corrected chi connectivity index (χ0v) is 15.1. The summed E-state index contributed by atoms with van der Waals surface area (Å²) in [6.07, 6.45) is 3.01. The molecule has 0 fully saturated rings. The van der Waals surface area contributed by atoms with Crippen molar-refractivity contribution in [3.05, 3.63) is 70.3 Å². The van der Waals surface area contributed by atoms with E-state index in [9.17, 15) is 14.9 Å². The molecule has 0 saturated carbocycles. The van der Waals surface area contributed by atoms with Crippen LogP contribution in [0.15, 0.2) is 54.6 Å². The highest BCUT2D eigenvalue weighted by atomic mass is 16.6. The average Bonchev–Trinajstić information content (AvgIpc) is 2.69. The summed E-state index contributed by atoms with van der Waals surface area (Å²) in [4.78, 5) is 24.9. The van der Waals surface area contributed by atoms with Crippen molar-refractivity contribution >= 4 is 22.9 Å². The predicted octanol–water partition coefficient (Wildman–Crippen LogP) is 3.33. The number of anilines is 1. The van der Waals surface area contributed by atoms with Crippen LogP contribution in [0.4, 0.5) is 11.4 Å². The summed E-state index contributed by atoms with van der Waals surface area (Å²) < 4.78 is 5.17. The van der Waals surface area contributed by atoms with Crippen LogP contribution in [-0.2, 0) is 4.79 Å². The van der Waals surface area contributed by atoms with Crippen molar-refractivity contribution in [2.24, 2.45) is 0 Å². The number of hydrogen-bond donors (Lipinski definition) is 1. The van der Waals surface area contributed by atoms with Crippen LogP contribution in [0.5, 0.6) is 5.75 Å². The van der Waals surface area contributed by atoms with Gasteiger partial charge in [0.25, 0.3) is 5.69 Å². The quantitative estimate of drug-likeness (QED) is 0.625. The van der Waals surface area contributed by atoms with Crippen LogP contribution in [0.2, 0.25) is 0 Å². The van der Waals surface area contributed by atoms with E-state index in [2.05, 4.69) is 23.5 Å². The van der Waals surface area contributed by atoms with E-state index in [1.807, 2.05) is 23.1 Å². The van der Waals surface area contributed by atoms with Crippen LogP contribution in [0.25, 0.3) is 5.57 Å². The molecule has 0 radical (unpaired) electrons. The number of rotatable bonds is 6. The van der Waals surface area contributed by atoms with Crippen molar-refractivity contribution in [3.63, 3.8) is 0 Å². The Hall–Kier alpha value is -3.19. The number of nitrogens with zero attached hydrogens (tertiary/aromatic N) is 2. The van der Waals surface area contributed by atoms with E-state index < -0.39 is 4.92 Å². The van der Waals surface area contributed by atoms with E-state index in [-0.39, 0.29) is 18.1 Å². The molecule has 0 spiro atoms. The summed E-state index contributed by atoms with van der Waals surface area (Å²) in [6, 6.07) is 14.3. The minimum Gasteiger partial charge on any atom is -0.495 e. The third-order valence-electron chi connectivity index (χ3n) is 4.47. The van der Waals surface area contributed by atoms with Gasteiger partial charge in [-0.25, -0.2) is 0 Å². The Morgan fingerprint density at radius 2 is 2.04 bits per heavy atom. The molecule has 1 aliphatic rings. The zero-order chi connectivity index (χ0) is 19.2. The number of nitrogens with one attached hydrogen (secondary N) is 1. The van der Waals surface area contributed by atoms with Gasteiger partial charge in [-0.2, -0.15) is 0 Å². The van der Waals surface area contributed by atoms with Gasteiger partial charge in [0.1, 0.15) is 5.75 Å². The fourth-order valence-electron chi connectivity index (χ4n) is 3.07. The fraction of sp³-hybridized carbons (Fsp3) is 0.250.